The molecule has 17 heavy (non-hydrogen) atoms. The minimum atomic E-state index is -0.243. The predicted octanol–water partition coefficient (Wildman–Crippen LogP) is 2.29. The Bertz CT molecular complexity index is 424. The lowest BCUT2D eigenvalue weighted by Crippen LogP contribution is -1.79. The van der Waals surface area contributed by atoms with Crippen molar-refractivity contribution in [3.63, 3.8) is 0 Å². The molecule has 0 unspecified atom stereocenters. The summed E-state index contributed by atoms with van der Waals surface area (Å²) in [4.78, 5) is 3.91. The summed E-state index contributed by atoms with van der Waals surface area (Å²) in [5.41, 5.74) is 0.745. The molecule has 5 heteroatoms. The summed E-state index contributed by atoms with van der Waals surface area (Å²) in [6.07, 6.45) is 3.28. The first kappa shape index (κ1) is 13.3. The van der Waals surface area contributed by atoms with Crippen LogP contribution >= 0.6 is 0 Å². The molecule has 0 atom stereocenters. The molecule has 92 valence electrons. The Labute approximate surface area is 101 Å². The standard InChI is InChI=1S/C8H7N3O2.C4H10/c12-5-7-10-11-8(13-7)6-2-1-3-9-4-6;1-4(2)3/h1-4,12H,5H2;4H,1-3H3. The molecule has 0 saturated carbocycles. The number of nitrogens with zero attached hydrogens (tertiary/aromatic N) is 3. The van der Waals surface area contributed by atoms with Crippen molar-refractivity contribution in [2.75, 3.05) is 0 Å². The number of pyridine rings is 1. The van der Waals surface area contributed by atoms with Crippen molar-refractivity contribution in [2.24, 2.45) is 5.92 Å². The molecule has 0 aliphatic rings. The van der Waals surface area contributed by atoms with Crippen LogP contribution in [0.25, 0.3) is 11.5 Å². The smallest absolute Gasteiger partial charge is 0.249 e. The van der Waals surface area contributed by atoms with Gasteiger partial charge in [-0.3, -0.25) is 4.98 Å². The topological polar surface area (TPSA) is 72.0 Å². The van der Waals surface area contributed by atoms with E-state index in [1.807, 2.05) is 6.07 Å². The molecule has 2 aromatic rings. The highest BCUT2D eigenvalue weighted by molar-refractivity contribution is 5.49. The molecule has 0 saturated heterocycles. The Morgan fingerprint density at radius 1 is 1.29 bits per heavy atom. The van der Waals surface area contributed by atoms with E-state index in [0.29, 0.717) is 5.89 Å². The van der Waals surface area contributed by atoms with Gasteiger partial charge in [-0.1, -0.05) is 20.8 Å². The minimum absolute atomic E-state index is 0.207. The van der Waals surface area contributed by atoms with Crippen molar-refractivity contribution < 1.29 is 9.52 Å². The van der Waals surface area contributed by atoms with Crippen LogP contribution in [0.4, 0.5) is 0 Å². The van der Waals surface area contributed by atoms with Gasteiger partial charge in [-0.05, 0) is 18.1 Å². The van der Waals surface area contributed by atoms with Gasteiger partial charge in [0.2, 0.25) is 11.8 Å². The first-order valence-corrected chi connectivity index (χ1v) is 5.47. The SMILES string of the molecule is CC(C)C.OCc1nnc(-c2cccnc2)o1. The molecule has 0 fully saturated rings. The highest BCUT2D eigenvalue weighted by Gasteiger charge is 2.06. The zero-order chi connectivity index (χ0) is 12.7. The Morgan fingerprint density at radius 3 is 2.47 bits per heavy atom. The first-order valence-electron chi connectivity index (χ1n) is 5.47. The molecule has 2 aromatic heterocycles. The summed E-state index contributed by atoms with van der Waals surface area (Å²) in [7, 11) is 0. The average molecular weight is 235 g/mol. The van der Waals surface area contributed by atoms with E-state index in [9.17, 15) is 0 Å². The van der Waals surface area contributed by atoms with E-state index in [-0.39, 0.29) is 12.5 Å². The van der Waals surface area contributed by atoms with Gasteiger partial charge >= 0.3 is 0 Å². The predicted molar refractivity (Wildman–Crippen MR) is 64.0 cm³/mol. The van der Waals surface area contributed by atoms with Crippen molar-refractivity contribution in [2.45, 2.75) is 27.4 Å². The van der Waals surface area contributed by atoms with Crippen LogP contribution in [0, 0.1) is 5.92 Å². The third kappa shape index (κ3) is 4.74. The zero-order valence-corrected chi connectivity index (χ0v) is 10.3. The van der Waals surface area contributed by atoms with E-state index < -0.39 is 0 Å². The van der Waals surface area contributed by atoms with Gasteiger partial charge in [0.15, 0.2) is 0 Å². The summed E-state index contributed by atoms with van der Waals surface area (Å²) in [6, 6.07) is 3.58. The number of hydrogen-bond donors (Lipinski definition) is 1. The lowest BCUT2D eigenvalue weighted by molar-refractivity contribution is 0.241. The van der Waals surface area contributed by atoms with Crippen molar-refractivity contribution in [1.29, 1.82) is 0 Å². The van der Waals surface area contributed by atoms with Gasteiger partial charge in [0.25, 0.3) is 0 Å². The van der Waals surface area contributed by atoms with Crippen molar-refractivity contribution in [3.8, 4) is 11.5 Å². The molecular weight excluding hydrogens is 218 g/mol. The van der Waals surface area contributed by atoms with Crippen molar-refractivity contribution in [3.05, 3.63) is 30.4 Å². The first-order chi connectivity index (χ1) is 8.13. The highest BCUT2D eigenvalue weighted by Crippen LogP contribution is 2.15. The van der Waals surface area contributed by atoms with Gasteiger partial charge in [0.05, 0.1) is 5.56 Å². The fourth-order valence-corrected chi connectivity index (χ4v) is 0.923. The second kappa shape index (κ2) is 6.75. The molecule has 0 amide bonds. The molecule has 0 bridgehead atoms. The second-order valence-corrected chi connectivity index (χ2v) is 4.13. The lowest BCUT2D eigenvalue weighted by atomic mass is 10.3. The number of aliphatic hydroxyl groups excluding tert-OH is 1. The summed E-state index contributed by atoms with van der Waals surface area (Å²) in [6.45, 7) is 6.26. The van der Waals surface area contributed by atoms with Gasteiger partial charge < -0.3 is 9.52 Å². The summed E-state index contributed by atoms with van der Waals surface area (Å²) >= 11 is 0. The van der Waals surface area contributed by atoms with Crippen LogP contribution in [-0.4, -0.2) is 20.3 Å². The molecule has 0 spiro atoms. The van der Waals surface area contributed by atoms with E-state index >= 15 is 0 Å². The number of aliphatic hydroxyl groups is 1. The summed E-state index contributed by atoms with van der Waals surface area (Å²) < 4.78 is 5.11. The van der Waals surface area contributed by atoms with Gasteiger partial charge in [-0.15, -0.1) is 10.2 Å². The van der Waals surface area contributed by atoms with E-state index in [4.69, 9.17) is 9.52 Å². The van der Waals surface area contributed by atoms with Gasteiger partial charge in [-0.25, -0.2) is 0 Å². The van der Waals surface area contributed by atoms with Gasteiger partial charge in [0.1, 0.15) is 6.61 Å². The second-order valence-electron chi connectivity index (χ2n) is 4.13. The van der Waals surface area contributed by atoms with Crippen molar-refractivity contribution >= 4 is 0 Å². The maximum atomic E-state index is 8.69. The van der Waals surface area contributed by atoms with Crippen LogP contribution in [0.1, 0.15) is 26.7 Å². The van der Waals surface area contributed by atoms with Gasteiger partial charge in [-0.2, -0.15) is 0 Å². The Morgan fingerprint density at radius 2 is 2.00 bits per heavy atom. The van der Waals surface area contributed by atoms with E-state index in [2.05, 4.69) is 36.0 Å². The zero-order valence-electron chi connectivity index (χ0n) is 10.3. The fraction of sp³-hybridized carbons (Fsp3) is 0.417. The molecule has 2 heterocycles. The van der Waals surface area contributed by atoms with Crippen LogP contribution < -0.4 is 0 Å². The van der Waals surface area contributed by atoms with Gasteiger partial charge in [0, 0.05) is 12.4 Å². The highest BCUT2D eigenvalue weighted by atomic mass is 16.4. The Balaban J connectivity index is 0.000000317. The van der Waals surface area contributed by atoms with E-state index in [1.165, 1.54) is 0 Å². The largest absolute Gasteiger partial charge is 0.418 e. The monoisotopic (exact) mass is 235 g/mol. The molecule has 5 nitrogen and oxygen atoms in total. The maximum absolute atomic E-state index is 8.69. The van der Waals surface area contributed by atoms with Crippen LogP contribution in [0.15, 0.2) is 28.9 Å². The Kier molecular flexibility index (Phi) is 5.29. The third-order valence-corrected chi connectivity index (χ3v) is 1.51. The molecular formula is C12H17N3O2. The van der Waals surface area contributed by atoms with Crippen LogP contribution in [0.2, 0.25) is 0 Å². The molecule has 0 aliphatic heterocycles. The number of hydrogen-bond acceptors (Lipinski definition) is 5. The Hall–Kier alpha value is -1.75. The van der Waals surface area contributed by atoms with E-state index in [0.717, 1.165) is 11.5 Å². The molecule has 0 aromatic carbocycles. The molecule has 0 radical (unpaired) electrons. The number of aromatic nitrogens is 3. The molecule has 1 N–H and O–H groups in total. The summed E-state index contributed by atoms with van der Waals surface area (Å²) in [5.74, 6) is 1.41. The average Bonchev–Trinajstić information content (AvgIpc) is 2.78. The quantitative estimate of drug-likeness (QED) is 0.864. The normalized spacial score (nSPS) is 9.94. The molecule has 0 aliphatic carbocycles. The lowest BCUT2D eigenvalue weighted by Gasteiger charge is -1.90. The van der Waals surface area contributed by atoms with Crippen LogP contribution in [0.5, 0.6) is 0 Å². The van der Waals surface area contributed by atoms with Crippen LogP contribution in [0.3, 0.4) is 0 Å². The fourth-order valence-electron chi connectivity index (χ4n) is 0.923. The maximum Gasteiger partial charge on any atom is 0.249 e. The number of rotatable bonds is 2. The summed E-state index contributed by atoms with van der Waals surface area (Å²) in [5, 5.41) is 16.0. The van der Waals surface area contributed by atoms with Crippen LogP contribution in [-0.2, 0) is 6.61 Å². The van der Waals surface area contributed by atoms with Crippen molar-refractivity contribution in [1.82, 2.24) is 15.2 Å². The third-order valence-electron chi connectivity index (χ3n) is 1.51. The molecule has 2 rings (SSSR count). The minimum Gasteiger partial charge on any atom is -0.418 e. The van der Waals surface area contributed by atoms with E-state index in [1.54, 1.807) is 18.5 Å².